The minimum atomic E-state index is -0.231. The highest BCUT2D eigenvalue weighted by Crippen LogP contribution is 2.39. The predicted octanol–water partition coefficient (Wildman–Crippen LogP) is 6.52. The van der Waals surface area contributed by atoms with E-state index in [-0.39, 0.29) is 18.0 Å². The molecule has 1 aliphatic heterocycles. The van der Waals surface area contributed by atoms with E-state index in [1.54, 1.807) is 0 Å². The van der Waals surface area contributed by atoms with Crippen LogP contribution in [0.1, 0.15) is 60.3 Å². The van der Waals surface area contributed by atoms with Crippen LogP contribution in [0.25, 0.3) is 11.1 Å². The molecule has 6 heteroatoms. The number of rotatable bonds is 9. The summed E-state index contributed by atoms with van der Waals surface area (Å²) in [5.41, 5.74) is 6.83. The standard InChI is InChI=1S/C33H38O6/c1-21-13-29(38-18-23-7-9-27(34)10-8-23)14-22(2)33(21)25-6-4-5-24(15-25)19-37-28-11-12-30-26(16-32(35)36-3)20-39-31(30)17-28/h4-6,11-15,17,23,26-27,34H,7-10,16,18-20H2,1-3H3. The van der Waals surface area contributed by atoms with Gasteiger partial charge in [-0.05, 0) is 97.5 Å². The Kier molecular flexibility index (Phi) is 8.41. The predicted molar refractivity (Wildman–Crippen MR) is 150 cm³/mol. The van der Waals surface area contributed by atoms with Crippen LogP contribution < -0.4 is 14.2 Å². The minimum Gasteiger partial charge on any atom is -0.493 e. The van der Waals surface area contributed by atoms with Crippen molar-refractivity contribution in [3.05, 3.63) is 76.9 Å². The Morgan fingerprint density at radius 2 is 1.72 bits per heavy atom. The molecule has 39 heavy (non-hydrogen) atoms. The van der Waals surface area contributed by atoms with Gasteiger partial charge >= 0.3 is 5.97 Å². The number of aryl methyl sites for hydroxylation is 2. The van der Waals surface area contributed by atoms with Gasteiger partial charge in [-0.2, -0.15) is 0 Å². The van der Waals surface area contributed by atoms with Crippen molar-refractivity contribution in [1.29, 1.82) is 0 Å². The van der Waals surface area contributed by atoms with Crippen molar-refractivity contribution in [2.45, 2.75) is 64.6 Å². The van der Waals surface area contributed by atoms with Crippen molar-refractivity contribution in [2.75, 3.05) is 20.3 Å². The number of hydrogen-bond donors (Lipinski definition) is 1. The molecule has 6 nitrogen and oxygen atoms in total. The molecule has 1 unspecified atom stereocenters. The van der Waals surface area contributed by atoms with Crippen LogP contribution >= 0.6 is 0 Å². The van der Waals surface area contributed by atoms with Crippen LogP contribution in [-0.2, 0) is 16.1 Å². The van der Waals surface area contributed by atoms with E-state index in [0.29, 0.717) is 32.2 Å². The first kappa shape index (κ1) is 27.1. The molecule has 2 aliphatic rings. The number of ether oxygens (including phenoxy) is 4. The first-order valence-electron chi connectivity index (χ1n) is 13.9. The Labute approximate surface area is 230 Å². The lowest BCUT2D eigenvalue weighted by atomic mass is 9.88. The van der Waals surface area contributed by atoms with Gasteiger partial charge in [-0.1, -0.05) is 24.3 Å². The molecule has 1 saturated carbocycles. The summed E-state index contributed by atoms with van der Waals surface area (Å²) in [6.07, 6.45) is 3.99. The van der Waals surface area contributed by atoms with E-state index in [1.165, 1.54) is 23.8 Å². The molecule has 1 fully saturated rings. The number of carbonyl (C=O) groups is 1. The van der Waals surface area contributed by atoms with Crippen LogP contribution in [-0.4, -0.2) is 37.5 Å². The lowest BCUT2D eigenvalue weighted by molar-refractivity contribution is -0.141. The number of esters is 1. The van der Waals surface area contributed by atoms with E-state index in [4.69, 9.17) is 18.9 Å². The molecule has 3 aromatic carbocycles. The van der Waals surface area contributed by atoms with E-state index >= 15 is 0 Å². The molecule has 3 aromatic rings. The second-order valence-corrected chi connectivity index (χ2v) is 10.9. The van der Waals surface area contributed by atoms with Crippen molar-refractivity contribution in [3.63, 3.8) is 0 Å². The van der Waals surface area contributed by atoms with Crippen LogP contribution in [0.3, 0.4) is 0 Å². The summed E-state index contributed by atoms with van der Waals surface area (Å²) in [6.45, 7) is 5.88. The summed E-state index contributed by atoms with van der Waals surface area (Å²) in [7, 11) is 1.41. The van der Waals surface area contributed by atoms with Crippen LogP contribution in [0.15, 0.2) is 54.6 Å². The largest absolute Gasteiger partial charge is 0.493 e. The molecule has 1 heterocycles. The van der Waals surface area contributed by atoms with Crippen LogP contribution in [0.2, 0.25) is 0 Å². The SMILES string of the molecule is COC(=O)CC1COc2cc(OCc3cccc(-c4c(C)cc(OCC5CCC(O)CC5)cc4C)c3)ccc21. The van der Waals surface area contributed by atoms with E-state index in [9.17, 15) is 9.90 Å². The Balaban J connectivity index is 1.22. The van der Waals surface area contributed by atoms with Gasteiger partial charge in [0.25, 0.3) is 0 Å². The third kappa shape index (κ3) is 6.56. The van der Waals surface area contributed by atoms with Crippen molar-refractivity contribution >= 4 is 5.97 Å². The lowest BCUT2D eigenvalue weighted by Gasteiger charge is -2.25. The van der Waals surface area contributed by atoms with E-state index < -0.39 is 0 Å². The molecular formula is C33H38O6. The van der Waals surface area contributed by atoms with Crippen LogP contribution in [0.4, 0.5) is 0 Å². The van der Waals surface area contributed by atoms with Crippen molar-refractivity contribution in [1.82, 2.24) is 0 Å². The molecule has 0 spiro atoms. The fraction of sp³-hybridized carbons (Fsp3) is 0.424. The molecule has 1 N–H and O–H groups in total. The highest BCUT2D eigenvalue weighted by atomic mass is 16.5. The van der Waals surface area contributed by atoms with E-state index in [0.717, 1.165) is 59.6 Å². The molecule has 206 valence electrons. The van der Waals surface area contributed by atoms with Gasteiger partial charge in [-0.3, -0.25) is 4.79 Å². The van der Waals surface area contributed by atoms with E-state index in [1.807, 2.05) is 18.2 Å². The third-order valence-corrected chi connectivity index (χ3v) is 7.93. The molecule has 0 bridgehead atoms. The number of carbonyl (C=O) groups excluding carboxylic acids is 1. The normalized spacial score (nSPS) is 20.2. The van der Waals surface area contributed by atoms with Crippen LogP contribution in [0.5, 0.6) is 17.2 Å². The summed E-state index contributed by atoms with van der Waals surface area (Å²) in [6, 6.07) is 18.5. The van der Waals surface area contributed by atoms with Gasteiger partial charge in [0.1, 0.15) is 23.9 Å². The Morgan fingerprint density at radius 3 is 2.46 bits per heavy atom. The molecule has 5 rings (SSSR count). The number of fused-ring (bicyclic) bond motifs is 1. The molecule has 1 aliphatic carbocycles. The number of methoxy groups -OCH3 is 1. The molecule has 0 saturated heterocycles. The number of aliphatic hydroxyl groups excluding tert-OH is 1. The number of benzene rings is 3. The zero-order valence-corrected chi connectivity index (χ0v) is 23.1. The Morgan fingerprint density at radius 1 is 0.949 bits per heavy atom. The maximum Gasteiger partial charge on any atom is 0.306 e. The highest BCUT2D eigenvalue weighted by molar-refractivity contribution is 5.72. The van der Waals surface area contributed by atoms with Gasteiger partial charge in [0.05, 0.1) is 32.8 Å². The van der Waals surface area contributed by atoms with Crippen molar-refractivity contribution in [3.8, 4) is 28.4 Å². The second kappa shape index (κ2) is 12.1. The van der Waals surface area contributed by atoms with E-state index in [2.05, 4.69) is 50.2 Å². The van der Waals surface area contributed by atoms with Gasteiger partial charge in [0.2, 0.25) is 0 Å². The summed E-state index contributed by atoms with van der Waals surface area (Å²) in [4.78, 5) is 11.7. The summed E-state index contributed by atoms with van der Waals surface area (Å²) in [5.74, 6) is 2.72. The van der Waals surface area contributed by atoms with Gasteiger partial charge in [-0.25, -0.2) is 0 Å². The maximum atomic E-state index is 11.7. The summed E-state index contributed by atoms with van der Waals surface area (Å²) < 4.78 is 22.9. The Bertz CT molecular complexity index is 1280. The zero-order chi connectivity index (χ0) is 27.4. The lowest BCUT2D eigenvalue weighted by Crippen LogP contribution is -2.22. The van der Waals surface area contributed by atoms with Gasteiger partial charge in [0, 0.05) is 17.5 Å². The third-order valence-electron chi connectivity index (χ3n) is 7.93. The first-order valence-corrected chi connectivity index (χ1v) is 13.9. The quantitative estimate of drug-likeness (QED) is 0.318. The fourth-order valence-corrected chi connectivity index (χ4v) is 5.77. The molecule has 0 amide bonds. The van der Waals surface area contributed by atoms with Crippen molar-refractivity contribution < 1.29 is 28.8 Å². The maximum absolute atomic E-state index is 11.7. The van der Waals surface area contributed by atoms with Crippen LogP contribution in [0, 0.1) is 19.8 Å². The monoisotopic (exact) mass is 530 g/mol. The smallest absolute Gasteiger partial charge is 0.306 e. The van der Waals surface area contributed by atoms with Crippen molar-refractivity contribution in [2.24, 2.45) is 5.92 Å². The number of aliphatic hydroxyl groups is 1. The van der Waals surface area contributed by atoms with Gasteiger partial charge < -0.3 is 24.1 Å². The molecule has 0 radical (unpaired) electrons. The summed E-state index contributed by atoms with van der Waals surface area (Å²) in [5, 5.41) is 9.74. The average molecular weight is 531 g/mol. The average Bonchev–Trinajstić information content (AvgIpc) is 3.33. The van der Waals surface area contributed by atoms with Gasteiger partial charge in [-0.15, -0.1) is 0 Å². The number of hydrogen-bond acceptors (Lipinski definition) is 6. The van der Waals surface area contributed by atoms with Gasteiger partial charge in [0.15, 0.2) is 0 Å². The summed E-state index contributed by atoms with van der Waals surface area (Å²) >= 11 is 0. The molecule has 1 atom stereocenters. The topological polar surface area (TPSA) is 74.2 Å². The fourth-order valence-electron chi connectivity index (χ4n) is 5.77. The minimum absolute atomic E-state index is 0.0164. The Hall–Kier alpha value is -3.51. The first-order chi connectivity index (χ1) is 18.9. The molecule has 0 aromatic heterocycles. The zero-order valence-electron chi connectivity index (χ0n) is 23.1. The molecular weight excluding hydrogens is 492 g/mol. The highest BCUT2D eigenvalue weighted by Gasteiger charge is 2.27. The second-order valence-electron chi connectivity index (χ2n) is 10.9.